The predicted molar refractivity (Wildman–Crippen MR) is 52.2 cm³/mol. The molecule has 15 heavy (non-hydrogen) atoms. The number of hydrogen-bond donors (Lipinski definition) is 2. The zero-order chi connectivity index (χ0) is 11.3. The maximum Gasteiger partial charge on any atom is 0.320 e. The Morgan fingerprint density at radius 1 is 1.40 bits per heavy atom. The maximum atomic E-state index is 11.5. The second-order valence-electron chi connectivity index (χ2n) is 3.48. The first-order chi connectivity index (χ1) is 7.11. The Kier molecular flexibility index (Phi) is 4.51. The summed E-state index contributed by atoms with van der Waals surface area (Å²) in [6.07, 6.45) is 0.374. The van der Waals surface area contributed by atoms with Crippen LogP contribution in [0, 0.1) is 0 Å². The van der Waals surface area contributed by atoms with Crippen LogP contribution in [0.15, 0.2) is 0 Å². The molecule has 0 bridgehead atoms. The number of aliphatic carboxylic acids is 1. The molecule has 1 saturated heterocycles. The Morgan fingerprint density at radius 3 is 2.53 bits per heavy atom. The van der Waals surface area contributed by atoms with Crippen molar-refractivity contribution in [1.29, 1.82) is 0 Å². The third-order valence-corrected chi connectivity index (χ3v) is 2.35. The van der Waals surface area contributed by atoms with Crippen LogP contribution in [0.25, 0.3) is 0 Å². The average molecular weight is 216 g/mol. The van der Waals surface area contributed by atoms with Crippen LogP contribution in [0.4, 0.5) is 0 Å². The fraction of sp³-hybridized carbons (Fsp3) is 0.778. The first-order valence-corrected chi connectivity index (χ1v) is 4.95. The number of amides is 1. The molecule has 6 heteroatoms. The van der Waals surface area contributed by atoms with Crippen molar-refractivity contribution in [3.8, 4) is 0 Å². The van der Waals surface area contributed by atoms with E-state index in [2.05, 4.69) is 0 Å². The van der Waals surface area contributed by atoms with Gasteiger partial charge in [-0.05, 0) is 6.42 Å². The van der Waals surface area contributed by atoms with E-state index >= 15 is 0 Å². The molecule has 1 unspecified atom stereocenters. The zero-order valence-corrected chi connectivity index (χ0v) is 8.52. The van der Waals surface area contributed by atoms with Gasteiger partial charge >= 0.3 is 5.97 Å². The Labute approximate surface area is 88.0 Å². The first-order valence-electron chi connectivity index (χ1n) is 4.95. The fourth-order valence-electron chi connectivity index (χ4n) is 1.37. The van der Waals surface area contributed by atoms with E-state index < -0.39 is 12.0 Å². The molecule has 0 aromatic carbocycles. The second-order valence-corrected chi connectivity index (χ2v) is 3.48. The summed E-state index contributed by atoms with van der Waals surface area (Å²) in [4.78, 5) is 23.6. The lowest BCUT2D eigenvalue weighted by atomic mass is 10.1. The number of rotatable bonds is 4. The minimum absolute atomic E-state index is 0.0463. The number of nitrogens with two attached hydrogens (primary N) is 1. The van der Waals surface area contributed by atoms with Crippen LogP contribution in [0.2, 0.25) is 0 Å². The molecule has 1 heterocycles. The van der Waals surface area contributed by atoms with Crippen LogP contribution in [0.3, 0.4) is 0 Å². The van der Waals surface area contributed by atoms with Crippen molar-refractivity contribution in [2.75, 3.05) is 26.3 Å². The van der Waals surface area contributed by atoms with Crippen molar-refractivity contribution >= 4 is 11.9 Å². The van der Waals surface area contributed by atoms with Gasteiger partial charge in [0.25, 0.3) is 0 Å². The molecule has 0 spiro atoms. The summed E-state index contributed by atoms with van der Waals surface area (Å²) in [5, 5.41) is 8.54. The highest BCUT2D eigenvalue weighted by Gasteiger charge is 2.19. The smallest absolute Gasteiger partial charge is 0.320 e. The second kappa shape index (κ2) is 5.67. The lowest BCUT2D eigenvalue weighted by Gasteiger charge is -2.27. The predicted octanol–water partition coefficient (Wildman–Crippen LogP) is -0.963. The fourth-order valence-corrected chi connectivity index (χ4v) is 1.37. The van der Waals surface area contributed by atoms with E-state index in [1.807, 2.05) is 0 Å². The zero-order valence-electron chi connectivity index (χ0n) is 8.52. The maximum absolute atomic E-state index is 11.5. The van der Waals surface area contributed by atoms with Gasteiger partial charge in [0.15, 0.2) is 0 Å². The van der Waals surface area contributed by atoms with Crippen molar-refractivity contribution in [2.24, 2.45) is 5.73 Å². The molecule has 6 nitrogen and oxygen atoms in total. The van der Waals surface area contributed by atoms with Crippen molar-refractivity contribution in [1.82, 2.24) is 4.90 Å². The lowest BCUT2D eigenvalue weighted by Crippen LogP contribution is -2.41. The highest BCUT2D eigenvalue weighted by atomic mass is 16.5. The van der Waals surface area contributed by atoms with Crippen LogP contribution in [-0.4, -0.2) is 54.2 Å². The van der Waals surface area contributed by atoms with Crippen molar-refractivity contribution in [2.45, 2.75) is 18.9 Å². The Balaban J connectivity index is 2.25. The van der Waals surface area contributed by atoms with Gasteiger partial charge in [-0.25, -0.2) is 0 Å². The molecular formula is C9H16N2O4. The van der Waals surface area contributed by atoms with Gasteiger partial charge in [-0.3, -0.25) is 9.59 Å². The molecule has 0 saturated carbocycles. The van der Waals surface area contributed by atoms with Crippen LogP contribution in [0.1, 0.15) is 12.8 Å². The van der Waals surface area contributed by atoms with E-state index in [1.165, 1.54) is 0 Å². The highest BCUT2D eigenvalue weighted by molar-refractivity contribution is 5.78. The lowest BCUT2D eigenvalue weighted by molar-refractivity contribution is -0.139. The Hall–Kier alpha value is -1.14. The van der Waals surface area contributed by atoms with Gasteiger partial charge in [0, 0.05) is 19.5 Å². The van der Waals surface area contributed by atoms with Crippen LogP contribution < -0.4 is 5.73 Å². The van der Waals surface area contributed by atoms with Gasteiger partial charge in [-0.15, -0.1) is 0 Å². The average Bonchev–Trinajstić information content (AvgIpc) is 2.26. The van der Waals surface area contributed by atoms with Gasteiger partial charge in [0.1, 0.15) is 6.04 Å². The molecule has 1 atom stereocenters. The Morgan fingerprint density at radius 2 is 2.00 bits per heavy atom. The molecule has 3 N–H and O–H groups in total. The number of hydrogen-bond acceptors (Lipinski definition) is 4. The number of carbonyl (C=O) groups is 2. The van der Waals surface area contributed by atoms with Crippen molar-refractivity contribution < 1.29 is 19.4 Å². The summed E-state index contributed by atoms with van der Waals surface area (Å²) >= 11 is 0. The van der Waals surface area contributed by atoms with E-state index in [1.54, 1.807) is 4.90 Å². The van der Waals surface area contributed by atoms with Gasteiger partial charge in [0.05, 0.1) is 13.2 Å². The third kappa shape index (κ3) is 3.85. The van der Waals surface area contributed by atoms with Crippen LogP contribution >= 0.6 is 0 Å². The highest BCUT2D eigenvalue weighted by Crippen LogP contribution is 2.03. The monoisotopic (exact) mass is 216 g/mol. The summed E-state index contributed by atoms with van der Waals surface area (Å²) in [5.74, 6) is -1.11. The molecule has 0 aromatic heterocycles. The Bertz CT molecular complexity index is 238. The minimum Gasteiger partial charge on any atom is -0.480 e. The number of carboxylic acids is 1. The molecule has 1 fully saturated rings. The largest absolute Gasteiger partial charge is 0.480 e. The van der Waals surface area contributed by atoms with Gasteiger partial charge in [-0.1, -0.05) is 0 Å². The summed E-state index contributed by atoms with van der Waals surface area (Å²) in [7, 11) is 0. The summed E-state index contributed by atoms with van der Waals surface area (Å²) < 4.78 is 5.10. The molecule has 1 rings (SSSR count). The van der Waals surface area contributed by atoms with E-state index in [4.69, 9.17) is 15.6 Å². The van der Waals surface area contributed by atoms with E-state index in [9.17, 15) is 9.59 Å². The summed E-state index contributed by atoms with van der Waals surface area (Å²) in [6, 6.07) is -0.949. The summed E-state index contributed by atoms with van der Waals surface area (Å²) in [6.45, 7) is 2.27. The number of ether oxygens (including phenoxy) is 1. The van der Waals surface area contributed by atoms with Gasteiger partial charge in [-0.2, -0.15) is 0 Å². The number of carboxylic acid groups (broad SMARTS) is 1. The first kappa shape index (κ1) is 11.9. The molecule has 0 aliphatic carbocycles. The van der Waals surface area contributed by atoms with Crippen molar-refractivity contribution in [3.63, 3.8) is 0 Å². The number of carbonyl (C=O) groups excluding carboxylic acids is 1. The van der Waals surface area contributed by atoms with E-state index in [0.29, 0.717) is 26.3 Å². The van der Waals surface area contributed by atoms with Crippen LogP contribution in [0.5, 0.6) is 0 Å². The molecule has 1 aliphatic heterocycles. The van der Waals surface area contributed by atoms with E-state index in [0.717, 1.165) is 0 Å². The topological polar surface area (TPSA) is 92.9 Å². The molecule has 0 radical (unpaired) electrons. The van der Waals surface area contributed by atoms with Gasteiger partial charge < -0.3 is 20.5 Å². The molecule has 1 aliphatic rings. The molecular weight excluding hydrogens is 200 g/mol. The van der Waals surface area contributed by atoms with E-state index in [-0.39, 0.29) is 18.7 Å². The third-order valence-electron chi connectivity index (χ3n) is 2.35. The SMILES string of the molecule is NC(CCC(=O)N1CCOCC1)C(=O)O. The van der Waals surface area contributed by atoms with Gasteiger partial charge in [0.2, 0.25) is 5.91 Å². The normalized spacial score (nSPS) is 18.6. The standard InChI is InChI=1S/C9H16N2O4/c10-7(9(13)14)1-2-8(12)11-3-5-15-6-4-11/h7H,1-6,10H2,(H,13,14). The molecule has 86 valence electrons. The minimum atomic E-state index is -1.07. The van der Waals surface area contributed by atoms with Crippen LogP contribution in [-0.2, 0) is 14.3 Å². The quantitative estimate of drug-likeness (QED) is 0.631. The molecule has 0 aromatic rings. The van der Waals surface area contributed by atoms with Crippen molar-refractivity contribution in [3.05, 3.63) is 0 Å². The number of nitrogens with zero attached hydrogens (tertiary/aromatic N) is 1. The summed E-state index contributed by atoms with van der Waals surface area (Å²) in [5.41, 5.74) is 5.30. The molecule has 1 amide bonds. The number of morpholine rings is 1.